The van der Waals surface area contributed by atoms with Gasteiger partial charge in [0.15, 0.2) is 0 Å². The first kappa shape index (κ1) is 19.5. The van der Waals surface area contributed by atoms with E-state index in [1.54, 1.807) is 12.1 Å². The van der Waals surface area contributed by atoms with Gasteiger partial charge in [-0.15, -0.1) is 0 Å². The second kappa shape index (κ2) is 9.06. The van der Waals surface area contributed by atoms with Gasteiger partial charge in [-0.05, 0) is 50.3 Å². The average molecular weight is 370 g/mol. The number of hydrogen-bond acceptors (Lipinski definition) is 4. The minimum absolute atomic E-state index is 0.0753. The van der Waals surface area contributed by atoms with Crippen LogP contribution in [0.1, 0.15) is 23.7 Å². The molecular formula is C21H27FN4O. The van der Waals surface area contributed by atoms with Crippen LogP contribution in [0.15, 0.2) is 48.7 Å². The van der Waals surface area contributed by atoms with Gasteiger partial charge in [0, 0.05) is 38.9 Å². The Kier molecular flexibility index (Phi) is 6.53. The predicted octanol–water partition coefficient (Wildman–Crippen LogP) is 2.56. The molecule has 1 aliphatic heterocycles. The molecule has 1 saturated heterocycles. The molecule has 0 radical (unpaired) electrons. The van der Waals surface area contributed by atoms with E-state index in [-0.39, 0.29) is 11.7 Å². The Morgan fingerprint density at radius 2 is 1.89 bits per heavy atom. The molecule has 1 aliphatic rings. The number of pyridine rings is 1. The SMILES string of the molecule is CN(C)C(C(=O)N1CCCN(Cc2ccccn2)CC1)c1ccc(F)cc1. The highest BCUT2D eigenvalue weighted by molar-refractivity contribution is 5.83. The third kappa shape index (κ3) is 5.11. The van der Waals surface area contributed by atoms with Crippen molar-refractivity contribution in [2.24, 2.45) is 0 Å². The average Bonchev–Trinajstić information content (AvgIpc) is 2.90. The van der Waals surface area contributed by atoms with Crippen molar-refractivity contribution >= 4 is 5.91 Å². The summed E-state index contributed by atoms with van der Waals surface area (Å²) in [6.45, 7) is 4.01. The molecule has 1 amide bonds. The molecule has 5 nitrogen and oxygen atoms in total. The van der Waals surface area contributed by atoms with Gasteiger partial charge in [-0.25, -0.2) is 4.39 Å². The molecule has 2 aromatic rings. The third-order valence-electron chi connectivity index (χ3n) is 4.95. The highest BCUT2D eigenvalue weighted by Crippen LogP contribution is 2.22. The largest absolute Gasteiger partial charge is 0.340 e. The summed E-state index contributed by atoms with van der Waals surface area (Å²) in [5.41, 5.74) is 1.87. The molecule has 144 valence electrons. The lowest BCUT2D eigenvalue weighted by atomic mass is 10.0. The maximum absolute atomic E-state index is 13.3. The topological polar surface area (TPSA) is 39.7 Å². The number of halogens is 1. The molecule has 6 heteroatoms. The standard InChI is InChI=1S/C21H27FN4O/c1-24(2)20(17-7-9-18(22)10-8-17)21(27)26-13-5-12-25(14-15-26)16-19-6-3-4-11-23-19/h3-4,6-11,20H,5,12-16H2,1-2H3. The van der Waals surface area contributed by atoms with Crippen molar-refractivity contribution in [1.29, 1.82) is 0 Å². The Balaban J connectivity index is 1.66. The summed E-state index contributed by atoms with van der Waals surface area (Å²) < 4.78 is 13.3. The number of aromatic nitrogens is 1. The summed E-state index contributed by atoms with van der Waals surface area (Å²) in [6.07, 6.45) is 2.75. The number of nitrogens with zero attached hydrogens (tertiary/aromatic N) is 4. The number of carbonyl (C=O) groups is 1. The summed E-state index contributed by atoms with van der Waals surface area (Å²) in [4.78, 5) is 23.8. The van der Waals surface area contributed by atoms with Crippen LogP contribution in [-0.4, -0.2) is 65.9 Å². The first-order chi connectivity index (χ1) is 13.0. The predicted molar refractivity (Wildman–Crippen MR) is 104 cm³/mol. The first-order valence-electron chi connectivity index (χ1n) is 9.37. The quantitative estimate of drug-likeness (QED) is 0.811. The zero-order chi connectivity index (χ0) is 19.2. The molecule has 1 aromatic carbocycles. The lowest BCUT2D eigenvalue weighted by Crippen LogP contribution is -2.42. The van der Waals surface area contributed by atoms with Gasteiger partial charge >= 0.3 is 0 Å². The van der Waals surface area contributed by atoms with Gasteiger partial charge in [-0.2, -0.15) is 0 Å². The van der Waals surface area contributed by atoms with Crippen molar-refractivity contribution in [1.82, 2.24) is 19.7 Å². The van der Waals surface area contributed by atoms with Crippen molar-refractivity contribution < 1.29 is 9.18 Å². The van der Waals surface area contributed by atoms with Crippen LogP contribution in [0, 0.1) is 5.82 Å². The fourth-order valence-electron chi connectivity index (χ4n) is 3.55. The normalized spacial score (nSPS) is 17.0. The molecule has 0 saturated carbocycles. The number of amides is 1. The summed E-state index contributed by atoms with van der Waals surface area (Å²) in [5.74, 6) is -0.213. The summed E-state index contributed by atoms with van der Waals surface area (Å²) in [5, 5.41) is 0. The van der Waals surface area contributed by atoms with E-state index in [1.807, 2.05) is 48.3 Å². The van der Waals surface area contributed by atoms with E-state index < -0.39 is 6.04 Å². The molecular weight excluding hydrogens is 343 g/mol. The van der Waals surface area contributed by atoms with Gasteiger partial charge in [0.25, 0.3) is 0 Å². The summed E-state index contributed by atoms with van der Waals surface area (Å²) in [6, 6.07) is 11.8. The maximum Gasteiger partial charge on any atom is 0.244 e. The van der Waals surface area contributed by atoms with Gasteiger partial charge in [0.1, 0.15) is 11.9 Å². The fraction of sp³-hybridized carbons (Fsp3) is 0.429. The second-order valence-corrected chi connectivity index (χ2v) is 7.19. The number of rotatable bonds is 5. The van der Waals surface area contributed by atoms with Gasteiger partial charge in [-0.1, -0.05) is 18.2 Å². The van der Waals surface area contributed by atoms with E-state index in [4.69, 9.17) is 0 Å². The maximum atomic E-state index is 13.3. The Hall–Kier alpha value is -2.31. The molecule has 1 unspecified atom stereocenters. The van der Waals surface area contributed by atoms with Crippen LogP contribution in [0.4, 0.5) is 4.39 Å². The minimum atomic E-state index is -0.395. The van der Waals surface area contributed by atoms with E-state index in [0.29, 0.717) is 6.54 Å². The van der Waals surface area contributed by atoms with Crippen molar-refractivity contribution in [3.8, 4) is 0 Å². The molecule has 0 aliphatic carbocycles. The molecule has 3 rings (SSSR count). The highest BCUT2D eigenvalue weighted by atomic mass is 19.1. The highest BCUT2D eigenvalue weighted by Gasteiger charge is 2.29. The van der Waals surface area contributed by atoms with Crippen LogP contribution >= 0.6 is 0 Å². The summed E-state index contributed by atoms with van der Waals surface area (Å²) in [7, 11) is 3.77. The van der Waals surface area contributed by atoms with Crippen LogP contribution in [-0.2, 0) is 11.3 Å². The van der Waals surface area contributed by atoms with Crippen LogP contribution in [0.2, 0.25) is 0 Å². The molecule has 1 atom stereocenters. The minimum Gasteiger partial charge on any atom is -0.340 e. The number of carbonyl (C=O) groups excluding carboxylic acids is 1. The molecule has 2 heterocycles. The second-order valence-electron chi connectivity index (χ2n) is 7.19. The van der Waals surface area contributed by atoms with Crippen molar-refractivity contribution in [3.05, 3.63) is 65.7 Å². The van der Waals surface area contributed by atoms with Crippen LogP contribution in [0.3, 0.4) is 0 Å². The van der Waals surface area contributed by atoms with E-state index in [1.165, 1.54) is 12.1 Å². The van der Waals surface area contributed by atoms with Crippen LogP contribution < -0.4 is 0 Å². The smallest absolute Gasteiger partial charge is 0.244 e. The Labute approximate surface area is 160 Å². The monoisotopic (exact) mass is 370 g/mol. The molecule has 0 bridgehead atoms. The third-order valence-corrected chi connectivity index (χ3v) is 4.95. The Morgan fingerprint density at radius 1 is 1.11 bits per heavy atom. The molecule has 0 spiro atoms. The zero-order valence-corrected chi connectivity index (χ0v) is 16.0. The zero-order valence-electron chi connectivity index (χ0n) is 16.0. The van der Waals surface area contributed by atoms with Gasteiger partial charge in [-0.3, -0.25) is 19.6 Å². The number of likely N-dealkylation sites (N-methyl/N-ethyl adjacent to an activating group) is 1. The van der Waals surface area contributed by atoms with Crippen LogP contribution in [0.25, 0.3) is 0 Å². The fourth-order valence-corrected chi connectivity index (χ4v) is 3.55. The van der Waals surface area contributed by atoms with Crippen molar-refractivity contribution in [2.45, 2.75) is 19.0 Å². The summed E-state index contributed by atoms with van der Waals surface area (Å²) >= 11 is 0. The van der Waals surface area contributed by atoms with Crippen molar-refractivity contribution in [2.75, 3.05) is 40.3 Å². The van der Waals surface area contributed by atoms with Crippen molar-refractivity contribution in [3.63, 3.8) is 0 Å². The lowest BCUT2D eigenvalue weighted by molar-refractivity contribution is -0.136. The Bertz CT molecular complexity index is 736. The van der Waals surface area contributed by atoms with E-state index in [9.17, 15) is 9.18 Å². The number of benzene rings is 1. The number of hydrogen-bond donors (Lipinski definition) is 0. The van der Waals surface area contributed by atoms with Gasteiger partial charge in [0.2, 0.25) is 5.91 Å². The molecule has 1 fully saturated rings. The van der Waals surface area contributed by atoms with E-state index >= 15 is 0 Å². The van der Waals surface area contributed by atoms with E-state index in [2.05, 4.69) is 9.88 Å². The van der Waals surface area contributed by atoms with Crippen LogP contribution in [0.5, 0.6) is 0 Å². The van der Waals surface area contributed by atoms with Gasteiger partial charge in [0.05, 0.1) is 5.69 Å². The first-order valence-corrected chi connectivity index (χ1v) is 9.37. The molecule has 27 heavy (non-hydrogen) atoms. The van der Waals surface area contributed by atoms with E-state index in [0.717, 1.165) is 43.9 Å². The lowest BCUT2D eigenvalue weighted by Gasteiger charge is -2.30. The molecule has 1 aromatic heterocycles. The Morgan fingerprint density at radius 3 is 2.56 bits per heavy atom. The molecule has 0 N–H and O–H groups in total. The van der Waals surface area contributed by atoms with Gasteiger partial charge < -0.3 is 4.90 Å².